The van der Waals surface area contributed by atoms with Gasteiger partial charge >= 0.3 is 0 Å². The minimum Gasteiger partial charge on any atom is -0.381 e. The highest BCUT2D eigenvalue weighted by atomic mass is 79.9. The molecule has 140 valence electrons. The van der Waals surface area contributed by atoms with E-state index in [0.29, 0.717) is 0 Å². The average Bonchev–Trinajstić information content (AvgIpc) is 2.61. The fraction of sp³-hybridized carbons (Fsp3) is 0.632. The summed E-state index contributed by atoms with van der Waals surface area (Å²) in [5, 5.41) is 3.43. The maximum absolute atomic E-state index is 5.56. The third-order valence-electron chi connectivity index (χ3n) is 4.96. The number of hydrogen-bond donors (Lipinski definition) is 1. The molecular weight excluding hydrogens is 380 g/mol. The molecule has 0 aliphatic carbocycles. The number of guanidine groups is 1. The number of nitrogens with zero attached hydrogens (tertiary/aromatic N) is 3. The molecule has 0 saturated carbocycles. The molecule has 1 aliphatic rings. The Morgan fingerprint density at radius 2 is 1.92 bits per heavy atom. The normalized spacial score (nSPS) is 17.6. The number of aliphatic imine (C=N–C) groups is 1. The molecule has 1 fully saturated rings. The third-order valence-corrected chi connectivity index (χ3v) is 5.73. The van der Waals surface area contributed by atoms with Gasteiger partial charge in [0.2, 0.25) is 0 Å². The van der Waals surface area contributed by atoms with Crippen molar-refractivity contribution in [2.75, 3.05) is 47.4 Å². The molecule has 0 unspecified atom stereocenters. The number of benzene rings is 1. The lowest BCUT2D eigenvalue weighted by Crippen LogP contribution is -2.51. The Balaban J connectivity index is 2.12. The van der Waals surface area contributed by atoms with Gasteiger partial charge in [-0.05, 0) is 45.5 Å². The first kappa shape index (κ1) is 20.2. The first-order valence-corrected chi connectivity index (χ1v) is 9.76. The highest BCUT2D eigenvalue weighted by molar-refractivity contribution is 9.10. The lowest BCUT2D eigenvalue weighted by molar-refractivity contribution is -0.00262. The van der Waals surface area contributed by atoms with E-state index in [-0.39, 0.29) is 5.54 Å². The Morgan fingerprint density at radius 3 is 2.52 bits per heavy atom. The van der Waals surface area contributed by atoms with Crippen molar-refractivity contribution in [2.24, 2.45) is 4.99 Å². The topological polar surface area (TPSA) is 40.1 Å². The highest BCUT2D eigenvalue weighted by Crippen LogP contribution is 2.26. The molecule has 1 heterocycles. The van der Waals surface area contributed by atoms with Gasteiger partial charge < -0.3 is 19.9 Å². The number of likely N-dealkylation sites (N-methyl/N-ethyl adjacent to an activating group) is 1. The Labute approximate surface area is 160 Å². The van der Waals surface area contributed by atoms with Crippen LogP contribution in [0, 0.1) is 0 Å². The van der Waals surface area contributed by atoms with Crippen molar-refractivity contribution in [3.63, 3.8) is 0 Å². The van der Waals surface area contributed by atoms with Gasteiger partial charge in [0.05, 0.1) is 6.54 Å². The summed E-state index contributed by atoms with van der Waals surface area (Å²) in [5.74, 6) is 0.950. The summed E-state index contributed by atoms with van der Waals surface area (Å²) < 4.78 is 6.69. The molecule has 0 atom stereocenters. The Morgan fingerprint density at radius 1 is 1.24 bits per heavy atom. The number of halogens is 1. The summed E-state index contributed by atoms with van der Waals surface area (Å²) in [4.78, 5) is 9.48. The molecule has 0 amide bonds. The van der Waals surface area contributed by atoms with Gasteiger partial charge in [-0.1, -0.05) is 34.1 Å². The number of ether oxygens (including phenoxy) is 1. The van der Waals surface area contributed by atoms with Gasteiger partial charge in [0.1, 0.15) is 0 Å². The van der Waals surface area contributed by atoms with Crippen LogP contribution in [-0.2, 0) is 11.3 Å². The standard InChI is InChI=1S/C19H31BrN4O/c1-5-21-18(24(4)14-16-8-6-7-9-17(16)20)22-15-19(23(2)3)10-12-25-13-11-19/h6-9H,5,10-15H2,1-4H3,(H,21,22). The van der Waals surface area contributed by atoms with Gasteiger partial charge in [0, 0.05) is 43.4 Å². The van der Waals surface area contributed by atoms with Crippen LogP contribution in [-0.4, -0.2) is 68.7 Å². The van der Waals surface area contributed by atoms with Crippen LogP contribution in [0.25, 0.3) is 0 Å². The molecule has 6 heteroatoms. The van der Waals surface area contributed by atoms with Crippen LogP contribution in [0.4, 0.5) is 0 Å². The molecular formula is C19H31BrN4O. The van der Waals surface area contributed by atoms with Gasteiger partial charge in [0.25, 0.3) is 0 Å². The SMILES string of the molecule is CCNC(=NCC1(N(C)C)CCOCC1)N(C)Cc1ccccc1Br. The number of hydrogen-bond acceptors (Lipinski definition) is 3. The van der Waals surface area contributed by atoms with E-state index in [2.05, 4.69) is 77.3 Å². The summed E-state index contributed by atoms with van der Waals surface area (Å²) in [6.45, 7) is 6.20. The second kappa shape index (κ2) is 9.55. The molecule has 0 aromatic heterocycles. The molecule has 0 radical (unpaired) electrons. The lowest BCUT2D eigenvalue weighted by Gasteiger charge is -2.42. The lowest BCUT2D eigenvalue weighted by atomic mass is 9.89. The maximum atomic E-state index is 5.56. The zero-order chi connectivity index (χ0) is 18.3. The second-order valence-electron chi connectivity index (χ2n) is 6.85. The van der Waals surface area contributed by atoms with Crippen molar-refractivity contribution in [1.29, 1.82) is 0 Å². The van der Waals surface area contributed by atoms with E-state index < -0.39 is 0 Å². The van der Waals surface area contributed by atoms with Crippen LogP contribution in [0.5, 0.6) is 0 Å². The Bertz CT molecular complexity index is 570. The summed E-state index contributed by atoms with van der Waals surface area (Å²) in [6, 6.07) is 8.33. The van der Waals surface area contributed by atoms with E-state index in [1.54, 1.807) is 0 Å². The minimum absolute atomic E-state index is 0.0904. The molecule has 1 saturated heterocycles. The Kier molecular flexibility index (Phi) is 7.72. The molecule has 2 rings (SSSR count). The van der Waals surface area contributed by atoms with Gasteiger partial charge in [-0.15, -0.1) is 0 Å². The summed E-state index contributed by atoms with van der Waals surface area (Å²) in [5.41, 5.74) is 1.34. The largest absolute Gasteiger partial charge is 0.381 e. The van der Waals surface area contributed by atoms with Gasteiger partial charge in [-0.2, -0.15) is 0 Å². The molecule has 0 spiro atoms. The van der Waals surface area contributed by atoms with E-state index in [4.69, 9.17) is 9.73 Å². The summed E-state index contributed by atoms with van der Waals surface area (Å²) in [6.07, 6.45) is 2.05. The first-order chi connectivity index (χ1) is 12.0. The molecule has 1 N–H and O–H groups in total. The van der Waals surface area contributed by atoms with Crippen molar-refractivity contribution < 1.29 is 4.74 Å². The molecule has 5 nitrogen and oxygen atoms in total. The van der Waals surface area contributed by atoms with Crippen LogP contribution >= 0.6 is 15.9 Å². The van der Waals surface area contributed by atoms with Crippen LogP contribution in [0.3, 0.4) is 0 Å². The van der Waals surface area contributed by atoms with Crippen molar-refractivity contribution >= 4 is 21.9 Å². The predicted molar refractivity (Wildman–Crippen MR) is 108 cm³/mol. The summed E-state index contributed by atoms with van der Waals surface area (Å²) >= 11 is 3.63. The van der Waals surface area contributed by atoms with Gasteiger partial charge in [-0.3, -0.25) is 4.99 Å². The fourth-order valence-electron chi connectivity index (χ4n) is 3.15. The van der Waals surface area contributed by atoms with E-state index in [1.807, 2.05) is 6.07 Å². The van der Waals surface area contributed by atoms with Crippen molar-refractivity contribution in [2.45, 2.75) is 31.8 Å². The number of nitrogens with one attached hydrogen (secondary N) is 1. The van der Waals surface area contributed by atoms with Crippen LogP contribution in [0.1, 0.15) is 25.3 Å². The average molecular weight is 411 g/mol. The quantitative estimate of drug-likeness (QED) is 0.577. The first-order valence-electron chi connectivity index (χ1n) is 8.96. The van der Waals surface area contributed by atoms with Gasteiger partial charge in [-0.25, -0.2) is 0 Å². The minimum atomic E-state index is 0.0904. The zero-order valence-corrected chi connectivity index (χ0v) is 17.5. The molecule has 25 heavy (non-hydrogen) atoms. The van der Waals surface area contributed by atoms with E-state index in [9.17, 15) is 0 Å². The molecule has 1 aromatic rings. The smallest absolute Gasteiger partial charge is 0.194 e. The van der Waals surface area contributed by atoms with E-state index in [0.717, 1.165) is 56.1 Å². The summed E-state index contributed by atoms with van der Waals surface area (Å²) in [7, 11) is 6.39. The van der Waals surface area contributed by atoms with E-state index >= 15 is 0 Å². The van der Waals surface area contributed by atoms with Crippen molar-refractivity contribution in [3.05, 3.63) is 34.3 Å². The molecule has 1 aliphatic heterocycles. The van der Waals surface area contributed by atoms with Crippen molar-refractivity contribution in [1.82, 2.24) is 15.1 Å². The van der Waals surface area contributed by atoms with Crippen LogP contribution in [0.2, 0.25) is 0 Å². The van der Waals surface area contributed by atoms with E-state index in [1.165, 1.54) is 5.56 Å². The second-order valence-corrected chi connectivity index (χ2v) is 7.70. The predicted octanol–water partition coefficient (Wildman–Crippen LogP) is 2.96. The molecule has 0 bridgehead atoms. The number of rotatable bonds is 6. The Hall–Kier alpha value is -1.11. The van der Waals surface area contributed by atoms with Crippen LogP contribution in [0.15, 0.2) is 33.7 Å². The zero-order valence-electron chi connectivity index (χ0n) is 15.9. The fourth-order valence-corrected chi connectivity index (χ4v) is 3.56. The monoisotopic (exact) mass is 410 g/mol. The van der Waals surface area contributed by atoms with Gasteiger partial charge in [0.15, 0.2) is 5.96 Å². The third kappa shape index (κ3) is 5.43. The van der Waals surface area contributed by atoms with Crippen LogP contribution < -0.4 is 5.32 Å². The maximum Gasteiger partial charge on any atom is 0.194 e. The van der Waals surface area contributed by atoms with Crippen molar-refractivity contribution in [3.8, 4) is 0 Å². The highest BCUT2D eigenvalue weighted by Gasteiger charge is 2.34. The molecule has 1 aromatic carbocycles.